The minimum Gasteiger partial charge on any atom is -0.396 e. The molecule has 0 aromatic carbocycles. The fraction of sp³-hybridized carbons (Fsp3) is 0.133. The van der Waals surface area contributed by atoms with Gasteiger partial charge in [-0.25, -0.2) is 0 Å². The maximum Gasteiger partial charge on any atom is 0.114 e. The van der Waals surface area contributed by atoms with Gasteiger partial charge < -0.3 is 4.84 Å². The van der Waals surface area contributed by atoms with Crippen molar-refractivity contribution >= 4 is 40.2 Å². The lowest BCUT2D eigenvalue weighted by molar-refractivity contribution is 0.160. The molecule has 0 aliphatic rings. The number of hydrogen-bond donors (Lipinski definition) is 0. The molecule has 0 bridgehead atoms. The van der Waals surface area contributed by atoms with Crippen molar-refractivity contribution < 1.29 is 4.84 Å². The molecule has 0 aliphatic carbocycles. The largest absolute Gasteiger partial charge is 0.396 e. The second-order valence-corrected chi connectivity index (χ2v) is 7.14. The lowest BCUT2D eigenvalue weighted by Gasteiger charge is -1.90. The Morgan fingerprint density at radius 2 is 1.75 bits per heavy atom. The molecule has 0 amide bonds. The second kappa shape index (κ2) is 6.35. The van der Waals surface area contributed by atoms with Crippen molar-refractivity contribution in [2.75, 3.05) is 6.61 Å². The fourth-order valence-corrected chi connectivity index (χ4v) is 4.54. The first kappa shape index (κ1) is 13.5. The van der Waals surface area contributed by atoms with Gasteiger partial charge in [0.2, 0.25) is 0 Å². The Balaban J connectivity index is 1.80. The molecule has 0 unspecified atom stereocenters. The molecule has 0 N–H and O–H groups in total. The summed E-state index contributed by atoms with van der Waals surface area (Å²) in [5, 5.41) is 6.02. The first-order valence-corrected chi connectivity index (χ1v) is 8.77. The highest BCUT2D eigenvalue weighted by Crippen LogP contribution is 2.38. The zero-order chi connectivity index (χ0) is 13.8. The standard InChI is InChI=1S/C15H13NOS3/c1-2-17-16-10-11-5-6-14(19-11)15-8-7-13(20-15)12-4-3-9-18-12/h3-10H,2H2,1H3. The van der Waals surface area contributed by atoms with E-state index >= 15 is 0 Å². The van der Waals surface area contributed by atoms with Crippen molar-refractivity contribution in [2.24, 2.45) is 5.16 Å². The van der Waals surface area contributed by atoms with Gasteiger partial charge in [0.15, 0.2) is 0 Å². The van der Waals surface area contributed by atoms with Crippen molar-refractivity contribution in [3.05, 3.63) is 46.7 Å². The Labute approximate surface area is 130 Å². The van der Waals surface area contributed by atoms with Gasteiger partial charge in [-0.2, -0.15) is 0 Å². The van der Waals surface area contributed by atoms with Crippen molar-refractivity contribution in [1.82, 2.24) is 0 Å². The van der Waals surface area contributed by atoms with Crippen LogP contribution in [-0.4, -0.2) is 12.8 Å². The zero-order valence-electron chi connectivity index (χ0n) is 10.9. The molecule has 3 rings (SSSR count). The van der Waals surface area contributed by atoms with Gasteiger partial charge in [-0.05, 0) is 42.6 Å². The monoisotopic (exact) mass is 319 g/mol. The third-order valence-corrected chi connectivity index (χ3v) is 5.99. The Hall–Kier alpha value is -1.43. The summed E-state index contributed by atoms with van der Waals surface area (Å²) >= 11 is 5.34. The molecule has 0 aliphatic heterocycles. The Morgan fingerprint density at radius 3 is 2.50 bits per heavy atom. The molecule has 0 atom stereocenters. The molecule has 102 valence electrons. The molecule has 0 radical (unpaired) electrons. The van der Waals surface area contributed by atoms with Crippen molar-refractivity contribution in [3.63, 3.8) is 0 Å². The zero-order valence-corrected chi connectivity index (χ0v) is 13.4. The topological polar surface area (TPSA) is 21.6 Å². The van der Waals surface area contributed by atoms with Crippen LogP contribution in [0.5, 0.6) is 0 Å². The second-order valence-electron chi connectivity index (χ2n) is 4.00. The van der Waals surface area contributed by atoms with Crippen LogP contribution in [0.25, 0.3) is 19.5 Å². The normalized spacial score (nSPS) is 11.2. The molecule has 0 saturated carbocycles. The van der Waals surface area contributed by atoms with E-state index in [0.717, 1.165) is 4.88 Å². The van der Waals surface area contributed by atoms with Gasteiger partial charge in [0.1, 0.15) is 6.61 Å². The minimum atomic E-state index is 0.601. The highest BCUT2D eigenvalue weighted by molar-refractivity contribution is 7.26. The highest BCUT2D eigenvalue weighted by atomic mass is 32.1. The molecule has 20 heavy (non-hydrogen) atoms. The summed E-state index contributed by atoms with van der Waals surface area (Å²) in [5.41, 5.74) is 0. The van der Waals surface area contributed by atoms with Crippen molar-refractivity contribution in [2.45, 2.75) is 6.92 Å². The Morgan fingerprint density at radius 1 is 1.00 bits per heavy atom. The molecule has 0 fully saturated rings. The van der Waals surface area contributed by atoms with Crippen LogP contribution in [0, 0.1) is 0 Å². The molecule has 0 saturated heterocycles. The molecule has 3 aromatic heterocycles. The van der Waals surface area contributed by atoms with E-state index in [-0.39, 0.29) is 0 Å². The highest BCUT2D eigenvalue weighted by Gasteiger charge is 2.07. The summed E-state index contributed by atoms with van der Waals surface area (Å²) in [6.07, 6.45) is 1.77. The van der Waals surface area contributed by atoms with Crippen LogP contribution in [0.2, 0.25) is 0 Å². The van der Waals surface area contributed by atoms with Crippen LogP contribution in [0.3, 0.4) is 0 Å². The van der Waals surface area contributed by atoms with E-state index in [9.17, 15) is 0 Å². The van der Waals surface area contributed by atoms with Gasteiger partial charge in [-0.15, -0.1) is 34.0 Å². The van der Waals surface area contributed by atoms with Crippen LogP contribution in [0.1, 0.15) is 11.8 Å². The Kier molecular flexibility index (Phi) is 4.30. The van der Waals surface area contributed by atoms with Gasteiger partial charge in [0, 0.05) is 24.4 Å². The summed E-state index contributed by atoms with van der Waals surface area (Å²) in [6.45, 7) is 2.53. The summed E-state index contributed by atoms with van der Waals surface area (Å²) in [6, 6.07) is 12.9. The van der Waals surface area contributed by atoms with Crippen molar-refractivity contribution in [3.8, 4) is 19.5 Å². The lowest BCUT2D eigenvalue weighted by Crippen LogP contribution is -1.79. The fourth-order valence-electron chi connectivity index (χ4n) is 1.74. The smallest absolute Gasteiger partial charge is 0.114 e. The van der Waals surface area contributed by atoms with Crippen molar-refractivity contribution in [1.29, 1.82) is 0 Å². The lowest BCUT2D eigenvalue weighted by atomic mass is 10.3. The summed E-state index contributed by atoms with van der Waals surface area (Å²) in [5.74, 6) is 0. The molecule has 0 spiro atoms. The minimum absolute atomic E-state index is 0.601. The molecule has 3 heterocycles. The molecular formula is C15H13NOS3. The molecule has 2 nitrogen and oxygen atoms in total. The number of oxime groups is 1. The number of rotatable bonds is 5. The maximum absolute atomic E-state index is 4.99. The van der Waals surface area contributed by atoms with E-state index < -0.39 is 0 Å². The van der Waals surface area contributed by atoms with Gasteiger partial charge in [-0.1, -0.05) is 11.2 Å². The van der Waals surface area contributed by atoms with Gasteiger partial charge >= 0.3 is 0 Å². The van der Waals surface area contributed by atoms with Gasteiger partial charge in [-0.3, -0.25) is 0 Å². The average molecular weight is 319 g/mol. The Bertz CT molecular complexity index is 694. The molecule has 5 heteroatoms. The first-order valence-electron chi connectivity index (χ1n) is 6.26. The third-order valence-electron chi connectivity index (χ3n) is 2.62. The maximum atomic E-state index is 4.99. The number of nitrogens with zero attached hydrogens (tertiary/aromatic N) is 1. The molecule has 3 aromatic rings. The third kappa shape index (κ3) is 3.00. The average Bonchev–Trinajstić information content (AvgIpc) is 3.19. The summed E-state index contributed by atoms with van der Waals surface area (Å²) < 4.78 is 0. The van der Waals surface area contributed by atoms with Crippen LogP contribution >= 0.6 is 34.0 Å². The van der Waals surface area contributed by atoms with Crippen LogP contribution in [-0.2, 0) is 4.84 Å². The summed E-state index contributed by atoms with van der Waals surface area (Å²) in [4.78, 5) is 11.3. The predicted molar refractivity (Wildman–Crippen MR) is 90.2 cm³/mol. The van der Waals surface area contributed by atoms with E-state index in [0.29, 0.717) is 6.61 Å². The number of hydrogen-bond acceptors (Lipinski definition) is 5. The van der Waals surface area contributed by atoms with E-state index in [1.165, 1.54) is 19.5 Å². The quantitative estimate of drug-likeness (QED) is 0.444. The van der Waals surface area contributed by atoms with E-state index in [1.54, 1.807) is 28.9 Å². The van der Waals surface area contributed by atoms with E-state index in [1.807, 2.05) is 18.3 Å². The van der Waals surface area contributed by atoms with Gasteiger partial charge in [0.05, 0.1) is 6.21 Å². The first-order chi connectivity index (χ1) is 9.86. The SMILES string of the molecule is CCON=Cc1ccc(-c2ccc(-c3cccs3)s2)s1. The summed E-state index contributed by atoms with van der Waals surface area (Å²) in [7, 11) is 0. The van der Waals surface area contributed by atoms with E-state index in [2.05, 4.69) is 46.9 Å². The molecular weight excluding hydrogens is 306 g/mol. The van der Waals surface area contributed by atoms with Gasteiger partial charge in [0.25, 0.3) is 0 Å². The van der Waals surface area contributed by atoms with E-state index in [4.69, 9.17) is 4.84 Å². The van der Waals surface area contributed by atoms with Crippen LogP contribution in [0.15, 0.2) is 46.9 Å². The van der Waals surface area contributed by atoms with Crippen LogP contribution < -0.4 is 0 Å². The number of thiophene rings is 3. The van der Waals surface area contributed by atoms with Crippen LogP contribution in [0.4, 0.5) is 0 Å². The predicted octanol–water partition coefficient (Wildman–Crippen LogP) is 5.58.